The number of ether oxygens (including phenoxy) is 3. The molecule has 0 aliphatic carbocycles. The summed E-state index contributed by atoms with van der Waals surface area (Å²) in [5.74, 6) is -0.837. The van der Waals surface area contributed by atoms with E-state index in [2.05, 4.69) is 10.6 Å². The minimum Gasteiger partial charge on any atom is -0.458 e. The number of hydrogen-bond donors (Lipinski definition) is 2. The van der Waals surface area contributed by atoms with Crippen molar-refractivity contribution in [2.24, 2.45) is 0 Å². The third-order valence-electron chi connectivity index (χ3n) is 5.14. The van der Waals surface area contributed by atoms with Gasteiger partial charge >= 0.3 is 18.2 Å². The van der Waals surface area contributed by atoms with Crippen LogP contribution in [-0.2, 0) is 39.9 Å². The van der Waals surface area contributed by atoms with Crippen molar-refractivity contribution in [1.82, 2.24) is 10.6 Å². The largest absolute Gasteiger partial charge is 0.458 e. The van der Waals surface area contributed by atoms with E-state index in [0.29, 0.717) is 0 Å². The lowest BCUT2D eigenvalue weighted by Crippen LogP contribution is -2.49. The van der Waals surface area contributed by atoms with Crippen LogP contribution in [0.15, 0.2) is 59.5 Å². The van der Waals surface area contributed by atoms with Crippen LogP contribution >= 0.6 is 0 Å². The lowest BCUT2D eigenvalue weighted by atomic mass is 10.1. The predicted molar refractivity (Wildman–Crippen MR) is 151 cm³/mol. The van der Waals surface area contributed by atoms with E-state index in [9.17, 15) is 22.8 Å². The molecule has 0 aliphatic heterocycles. The number of carbonyl (C=O) groups excluding carboxylic acids is 3. The Labute approximate surface area is 242 Å². The summed E-state index contributed by atoms with van der Waals surface area (Å²) in [5, 5.41) is 4.91. The normalized spacial score (nSPS) is 13.4. The van der Waals surface area contributed by atoms with Gasteiger partial charge in [-0.15, -0.1) is 0 Å². The Bertz CT molecular complexity index is 1270. The second kappa shape index (κ2) is 14.3. The summed E-state index contributed by atoms with van der Waals surface area (Å²) in [5.41, 5.74) is -0.176. The van der Waals surface area contributed by atoms with Crippen molar-refractivity contribution in [2.75, 3.05) is 6.54 Å². The van der Waals surface area contributed by atoms with Crippen LogP contribution in [0.3, 0.4) is 0 Å². The number of aryl methyl sites for hydroxylation is 1. The molecule has 0 aromatic heterocycles. The summed E-state index contributed by atoms with van der Waals surface area (Å²) in [6.07, 6.45) is -3.43. The van der Waals surface area contributed by atoms with Crippen LogP contribution in [-0.4, -0.2) is 56.5 Å². The molecule has 226 valence electrons. The number of alkyl carbamates (subject to hydrolysis) is 2. The van der Waals surface area contributed by atoms with Crippen molar-refractivity contribution < 1.29 is 41.2 Å². The molecule has 0 radical (unpaired) electrons. The van der Waals surface area contributed by atoms with Gasteiger partial charge < -0.3 is 24.8 Å². The van der Waals surface area contributed by atoms with Crippen molar-refractivity contribution in [3.05, 3.63) is 65.7 Å². The minimum atomic E-state index is -4.33. The third kappa shape index (κ3) is 13.0. The first-order chi connectivity index (χ1) is 18.9. The Balaban J connectivity index is 2.27. The van der Waals surface area contributed by atoms with Crippen LogP contribution in [0.5, 0.6) is 0 Å². The first kappa shape index (κ1) is 33.6. The van der Waals surface area contributed by atoms with Gasteiger partial charge in [-0.3, -0.25) is 4.18 Å². The van der Waals surface area contributed by atoms with E-state index < -0.39 is 51.6 Å². The molecule has 2 atom stereocenters. The highest BCUT2D eigenvalue weighted by molar-refractivity contribution is 7.86. The van der Waals surface area contributed by atoms with Crippen LogP contribution in [0.2, 0.25) is 0 Å². The predicted octanol–water partition coefficient (Wildman–Crippen LogP) is 4.62. The molecule has 2 rings (SSSR count). The van der Waals surface area contributed by atoms with Crippen molar-refractivity contribution in [1.29, 1.82) is 0 Å². The lowest BCUT2D eigenvalue weighted by molar-refractivity contribution is -0.158. The summed E-state index contributed by atoms with van der Waals surface area (Å²) in [6.45, 7) is 11.3. The van der Waals surface area contributed by atoms with E-state index >= 15 is 0 Å². The standard InChI is InChI=1S/C29H40N2O9S/c1-20-13-15-23(16-14-20)41(35,36)40-22(18-30-26(33)37-19-21-11-9-8-10-12-21)17-24(25(32)38-28(2,3)4)31-27(34)39-29(5,6)7/h8-16,22,24H,17-19H2,1-7H3,(H,30,33)(H,31,34)/t22-,24+/m1/s1. The van der Waals surface area contributed by atoms with Crippen molar-refractivity contribution in [2.45, 2.75) is 89.7 Å². The molecule has 0 saturated heterocycles. The number of esters is 1. The monoisotopic (exact) mass is 592 g/mol. The highest BCUT2D eigenvalue weighted by Crippen LogP contribution is 2.19. The van der Waals surface area contributed by atoms with Gasteiger partial charge in [0.2, 0.25) is 0 Å². The lowest BCUT2D eigenvalue weighted by Gasteiger charge is -2.28. The first-order valence-electron chi connectivity index (χ1n) is 13.1. The zero-order valence-corrected chi connectivity index (χ0v) is 25.4. The Kier molecular flexibility index (Phi) is 11.7. The summed E-state index contributed by atoms with van der Waals surface area (Å²) in [4.78, 5) is 37.9. The second-order valence-corrected chi connectivity index (χ2v) is 13.0. The van der Waals surface area contributed by atoms with E-state index in [1.807, 2.05) is 6.07 Å². The highest BCUT2D eigenvalue weighted by Gasteiger charge is 2.33. The number of hydrogen-bond acceptors (Lipinski definition) is 9. The molecule has 0 heterocycles. The maximum absolute atomic E-state index is 13.1. The summed E-state index contributed by atoms with van der Waals surface area (Å²) >= 11 is 0. The number of amides is 2. The number of benzene rings is 2. The summed E-state index contributed by atoms with van der Waals surface area (Å²) < 4.78 is 47.6. The first-order valence-corrected chi connectivity index (χ1v) is 14.5. The highest BCUT2D eigenvalue weighted by atomic mass is 32.2. The van der Waals surface area contributed by atoms with Crippen molar-refractivity contribution in [3.63, 3.8) is 0 Å². The fourth-order valence-corrected chi connectivity index (χ4v) is 4.45. The van der Waals surface area contributed by atoms with Crippen molar-refractivity contribution >= 4 is 28.3 Å². The Morgan fingerprint density at radius 3 is 1.98 bits per heavy atom. The fourth-order valence-electron chi connectivity index (χ4n) is 3.37. The average molecular weight is 593 g/mol. The molecule has 41 heavy (non-hydrogen) atoms. The van der Waals surface area contributed by atoms with Crippen molar-refractivity contribution in [3.8, 4) is 0 Å². The Morgan fingerprint density at radius 2 is 1.41 bits per heavy atom. The molecule has 11 nitrogen and oxygen atoms in total. The number of carbonyl (C=O) groups is 3. The van der Waals surface area contributed by atoms with Gasteiger partial charge in [0.1, 0.15) is 23.9 Å². The molecule has 0 saturated carbocycles. The van der Waals surface area contributed by atoms with E-state index in [0.717, 1.165) is 11.1 Å². The zero-order chi connectivity index (χ0) is 30.8. The van der Waals surface area contributed by atoms with Gasteiger partial charge in [0, 0.05) is 13.0 Å². The molecule has 0 aliphatic rings. The van der Waals surface area contributed by atoms with E-state index in [-0.39, 0.29) is 24.5 Å². The van der Waals surface area contributed by atoms with Gasteiger partial charge in [-0.2, -0.15) is 8.42 Å². The fraction of sp³-hybridized carbons (Fsp3) is 0.483. The molecule has 2 aromatic carbocycles. The van der Waals surface area contributed by atoms with Gasteiger partial charge in [0.05, 0.1) is 11.0 Å². The van der Waals surface area contributed by atoms with Crippen LogP contribution in [0, 0.1) is 6.92 Å². The van der Waals surface area contributed by atoms with Gasteiger partial charge in [-0.25, -0.2) is 14.4 Å². The summed E-state index contributed by atoms with van der Waals surface area (Å²) in [7, 11) is -4.33. The molecule has 2 aromatic rings. The van der Waals surface area contributed by atoms with E-state index in [1.54, 1.807) is 84.9 Å². The van der Waals surface area contributed by atoms with Gasteiger partial charge in [-0.05, 0) is 66.2 Å². The Hall–Kier alpha value is -3.64. The van der Waals surface area contributed by atoms with E-state index in [4.69, 9.17) is 18.4 Å². The molecular formula is C29H40N2O9S. The number of rotatable bonds is 11. The van der Waals surface area contributed by atoms with Crippen LogP contribution in [0.1, 0.15) is 59.1 Å². The molecule has 0 fully saturated rings. The second-order valence-electron chi connectivity index (χ2n) is 11.4. The molecule has 0 unspecified atom stereocenters. The average Bonchev–Trinajstić information content (AvgIpc) is 2.84. The third-order valence-corrected chi connectivity index (χ3v) is 6.52. The zero-order valence-electron chi connectivity index (χ0n) is 24.6. The quantitative estimate of drug-likeness (QED) is 0.217. The van der Waals surface area contributed by atoms with Gasteiger partial charge in [-0.1, -0.05) is 48.0 Å². The smallest absolute Gasteiger partial charge is 0.408 e. The molecule has 2 N–H and O–H groups in total. The van der Waals surface area contributed by atoms with E-state index in [1.165, 1.54) is 12.1 Å². The summed E-state index contributed by atoms with van der Waals surface area (Å²) in [6, 6.07) is 13.6. The maximum Gasteiger partial charge on any atom is 0.408 e. The molecular weight excluding hydrogens is 552 g/mol. The van der Waals surface area contributed by atoms with Crippen LogP contribution in [0.25, 0.3) is 0 Å². The minimum absolute atomic E-state index is 0.0133. The molecule has 2 amide bonds. The van der Waals surface area contributed by atoms with Crippen LogP contribution in [0.4, 0.5) is 9.59 Å². The van der Waals surface area contributed by atoms with Crippen LogP contribution < -0.4 is 10.6 Å². The number of nitrogens with one attached hydrogen (secondary N) is 2. The molecule has 12 heteroatoms. The Morgan fingerprint density at radius 1 is 0.829 bits per heavy atom. The molecule has 0 spiro atoms. The maximum atomic E-state index is 13.1. The van der Waals surface area contributed by atoms with Gasteiger partial charge in [0.25, 0.3) is 10.1 Å². The van der Waals surface area contributed by atoms with Gasteiger partial charge in [0.15, 0.2) is 0 Å². The molecule has 0 bridgehead atoms. The topological polar surface area (TPSA) is 146 Å². The SMILES string of the molecule is Cc1ccc(S(=O)(=O)O[C@@H](CNC(=O)OCc2ccccc2)C[C@H](NC(=O)OC(C)(C)C)C(=O)OC(C)(C)C)cc1.